The van der Waals surface area contributed by atoms with Gasteiger partial charge in [0.2, 0.25) is 0 Å². The monoisotopic (exact) mass is 532 g/mol. The Morgan fingerprint density at radius 2 is 1.78 bits per heavy atom. The van der Waals surface area contributed by atoms with E-state index in [1.165, 1.54) is 11.3 Å². The van der Waals surface area contributed by atoms with Crippen LogP contribution in [-0.2, 0) is 20.1 Å². The van der Waals surface area contributed by atoms with Crippen LogP contribution in [0.15, 0.2) is 57.0 Å². The molecule has 36 heavy (non-hydrogen) atoms. The van der Waals surface area contributed by atoms with E-state index in [1.807, 2.05) is 0 Å². The van der Waals surface area contributed by atoms with Crippen molar-refractivity contribution < 1.29 is 13.2 Å². The van der Waals surface area contributed by atoms with Gasteiger partial charge in [0.15, 0.2) is 11.6 Å². The summed E-state index contributed by atoms with van der Waals surface area (Å²) in [7, 11) is 1.75. The number of benzene rings is 2. The second-order valence-electron chi connectivity index (χ2n) is 7.98. The number of anilines is 2. The van der Waals surface area contributed by atoms with E-state index in [9.17, 15) is 22.8 Å². The molecule has 0 aliphatic heterocycles. The van der Waals surface area contributed by atoms with Crippen LogP contribution < -0.4 is 16.6 Å². The van der Waals surface area contributed by atoms with Crippen LogP contribution in [0.3, 0.4) is 0 Å². The zero-order chi connectivity index (χ0) is 25.6. The lowest BCUT2D eigenvalue weighted by atomic mass is 10.2. The molecule has 3 heterocycles. The molecule has 0 bridgehead atoms. The fraction of sp³-hybridized carbons (Fsp3) is 0.130. The summed E-state index contributed by atoms with van der Waals surface area (Å²) in [4.78, 5) is 30.4. The minimum Gasteiger partial charge on any atom is -0.340 e. The fourth-order valence-electron chi connectivity index (χ4n) is 3.75. The molecule has 0 unspecified atom stereocenters. The highest BCUT2D eigenvalue weighted by molar-refractivity contribution is 7.07. The van der Waals surface area contributed by atoms with Crippen molar-refractivity contribution in [1.29, 1.82) is 0 Å². The van der Waals surface area contributed by atoms with Gasteiger partial charge in [0.05, 0.1) is 40.5 Å². The molecule has 0 aliphatic carbocycles. The van der Waals surface area contributed by atoms with Gasteiger partial charge in [-0.2, -0.15) is 5.10 Å². The van der Waals surface area contributed by atoms with Gasteiger partial charge in [-0.15, -0.1) is 11.3 Å². The van der Waals surface area contributed by atoms with Crippen LogP contribution in [-0.4, -0.2) is 23.9 Å². The van der Waals surface area contributed by atoms with E-state index in [0.29, 0.717) is 29.0 Å². The number of nitrogens with zero attached hydrogens (tertiary/aromatic N) is 5. The van der Waals surface area contributed by atoms with Crippen LogP contribution in [0.5, 0.6) is 0 Å². The normalized spacial score (nSPS) is 11.4. The molecule has 0 radical (unpaired) electrons. The van der Waals surface area contributed by atoms with Crippen LogP contribution >= 0.6 is 22.9 Å². The van der Waals surface area contributed by atoms with Crippen molar-refractivity contribution in [2.75, 3.05) is 5.32 Å². The smallest absolute Gasteiger partial charge is 0.333 e. The number of nitrogens with one attached hydrogen (secondary N) is 1. The van der Waals surface area contributed by atoms with E-state index in [2.05, 4.69) is 15.4 Å². The van der Waals surface area contributed by atoms with Gasteiger partial charge in [0.1, 0.15) is 11.6 Å². The number of hydrogen-bond donors (Lipinski definition) is 1. The van der Waals surface area contributed by atoms with Crippen LogP contribution in [0.25, 0.3) is 10.9 Å². The number of halogens is 4. The Bertz CT molecular complexity index is 1730. The fourth-order valence-corrected chi connectivity index (χ4v) is 4.51. The molecule has 184 valence electrons. The highest BCUT2D eigenvalue weighted by atomic mass is 35.5. The summed E-state index contributed by atoms with van der Waals surface area (Å²) in [5, 5.41) is 9.91. The zero-order valence-electron chi connectivity index (χ0n) is 18.5. The predicted molar refractivity (Wildman–Crippen MR) is 131 cm³/mol. The quantitative estimate of drug-likeness (QED) is 0.330. The van der Waals surface area contributed by atoms with E-state index in [1.54, 1.807) is 40.9 Å². The Labute approximate surface area is 209 Å². The lowest BCUT2D eigenvalue weighted by molar-refractivity contribution is 0.486. The third-order valence-electron chi connectivity index (χ3n) is 5.47. The molecule has 5 aromatic rings. The summed E-state index contributed by atoms with van der Waals surface area (Å²) in [5.41, 5.74) is 1.29. The van der Waals surface area contributed by atoms with Gasteiger partial charge in [0, 0.05) is 41.7 Å². The maximum atomic E-state index is 14.5. The predicted octanol–water partition coefficient (Wildman–Crippen LogP) is 4.26. The Morgan fingerprint density at radius 1 is 1.00 bits per heavy atom. The Hall–Kier alpha value is -3.90. The molecule has 2 aromatic carbocycles. The van der Waals surface area contributed by atoms with Gasteiger partial charge in [-0.05, 0) is 18.2 Å². The molecule has 0 amide bonds. The average Bonchev–Trinajstić information content (AvgIpc) is 3.46. The number of hydrogen-bond acceptors (Lipinski definition) is 6. The first-order valence-electron chi connectivity index (χ1n) is 10.4. The van der Waals surface area contributed by atoms with E-state index >= 15 is 0 Å². The van der Waals surface area contributed by atoms with E-state index in [-0.39, 0.29) is 22.9 Å². The highest BCUT2D eigenvalue weighted by Gasteiger charge is 2.18. The Morgan fingerprint density at radius 3 is 2.53 bits per heavy atom. The molecule has 13 heteroatoms. The van der Waals surface area contributed by atoms with Crippen LogP contribution in [0.4, 0.5) is 24.7 Å². The molecule has 0 fully saturated rings. The van der Waals surface area contributed by atoms with Crippen molar-refractivity contribution >= 4 is 45.3 Å². The first-order chi connectivity index (χ1) is 17.2. The van der Waals surface area contributed by atoms with Crippen molar-refractivity contribution in [1.82, 2.24) is 23.9 Å². The van der Waals surface area contributed by atoms with Crippen LogP contribution in [0.2, 0.25) is 5.02 Å². The molecule has 8 nitrogen and oxygen atoms in total. The number of fused-ring (bicyclic) bond motifs is 1. The van der Waals surface area contributed by atoms with Gasteiger partial charge < -0.3 is 5.32 Å². The first-order valence-corrected chi connectivity index (χ1v) is 11.8. The second-order valence-corrected chi connectivity index (χ2v) is 9.10. The number of thiazole rings is 1. The Balaban J connectivity index is 1.65. The zero-order valence-corrected chi connectivity index (χ0v) is 20.1. The molecule has 0 aliphatic rings. The molecule has 3 aromatic heterocycles. The SMILES string of the molecule is Cn1cc2cc(Nc3cc(=O)n(Cc4cscn4)c(=O)n3Cc3cc(F)c(F)cc3F)c(Cl)cc2n1. The van der Waals surface area contributed by atoms with E-state index < -0.39 is 35.2 Å². The molecule has 0 atom stereocenters. The van der Waals surface area contributed by atoms with Crippen LogP contribution in [0, 0.1) is 17.5 Å². The van der Waals surface area contributed by atoms with Gasteiger partial charge in [0.25, 0.3) is 5.56 Å². The van der Waals surface area contributed by atoms with Crippen molar-refractivity contribution in [3.05, 3.63) is 102 Å². The maximum Gasteiger partial charge on any atom is 0.333 e. The van der Waals surface area contributed by atoms with Gasteiger partial charge in [-0.25, -0.2) is 22.9 Å². The lowest BCUT2D eigenvalue weighted by Crippen LogP contribution is -2.41. The van der Waals surface area contributed by atoms with E-state index in [4.69, 9.17) is 11.6 Å². The molecule has 0 saturated carbocycles. The topological polar surface area (TPSA) is 86.7 Å². The number of rotatable bonds is 6. The second kappa shape index (κ2) is 9.28. The molecule has 5 rings (SSSR count). The summed E-state index contributed by atoms with van der Waals surface area (Å²) in [6.07, 6.45) is 1.76. The largest absolute Gasteiger partial charge is 0.340 e. The number of aryl methyl sites for hydroxylation is 1. The molecule has 1 N–H and O–H groups in total. The molecular formula is C23H16ClF3N6O2S. The lowest BCUT2D eigenvalue weighted by Gasteiger charge is -2.18. The standard InChI is InChI=1S/C23H16ClF3N6O2S/c1-31-7-13-3-20(15(24)4-19(13)30-31)29-21-6-22(34)33(9-14-10-36-11-28-14)23(35)32(21)8-12-2-17(26)18(27)5-16(12)25/h2-7,10-11,29H,8-9H2,1H3. The minimum absolute atomic E-state index is 0.0196. The third kappa shape index (κ3) is 4.52. The van der Waals surface area contributed by atoms with Crippen molar-refractivity contribution in [2.24, 2.45) is 7.05 Å². The van der Waals surface area contributed by atoms with Crippen molar-refractivity contribution in [2.45, 2.75) is 13.1 Å². The average molecular weight is 533 g/mol. The summed E-state index contributed by atoms with van der Waals surface area (Å²) in [6.45, 7) is -0.613. The maximum absolute atomic E-state index is 14.5. The highest BCUT2D eigenvalue weighted by Crippen LogP contribution is 2.30. The third-order valence-corrected chi connectivity index (χ3v) is 6.42. The number of aromatic nitrogens is 5. The summed E-state index contributed by atoms with van der Waals surface area (Å²) < 4.78 is 45.4. The first kappa shape index (κ1) is 23.8. The van der Waals surface area contributed by atoms with E-state index in [0.717, 1.165) is 20.6 Å². The summed E-state index contributed by atoms with van der Waals surface area (Å²) in [6, 6.07) is 5.51. The molecule has 0 spiro atoms. The van der Waals surface area contributed by atoms with Gasteiger partial charge in [-0.3, -0.25) is 18.6 Å². The van der Waals surface area contributed by atoms with Crippen molar-refractivity contribution in [3.8, 4) is 0 Å². The minimum atomic E-state index is -1.35. The van der Waals surface area contributed by atoms with Crippen molar-refractivity contribution in [3.63, 3.8) is 0 Å². The van der Waals surface area contributed by atoms with Gasteiger partial charge >= 0.3 is 5.69 Å². The molecule has 0 saturated heterocycles. The molecular weight excluding hydrogens is 517 g/mol. The Kier molecular flexibility index (Phi) is 6.14. The summed E-state index contributed by atoms with van der Waals surface area (Å²) in [5.74, 6) is -3.69. The van der Waals surface area contributed by atoms with Crippen LogP contribution in [0.1, 0.15) is 11.3 Å². The van der Waals surface area contributed by atoms with Gasteiger partial charge in [-0.1, -0.05) is 11.6 Å². The summed E-state index contributed by atoms with van der Waals surface area (Å²) >= 11 is 7.70.